The predicted molar refractivity (Wildman–Crippen MR) is 70.6 cm³/mol. The van der Waals surface area contributed by atoms with Gasteiger partial charge in [0.2, 0.25) is 0 Å². The van der Waals surface area contributed by atoms with Crippen molar-refractivity contribution in [1.29, 1.82) is 0 Å². The van der Waals surface area contributed by atoms with Crippen LogP contribution in [0, 0.1) is 6.92 Å². The van der Waals surface area contributed by atoms with Gasteiger partial charge in [-0.2, -0.15) is 0 Å². The highest BCUT2D eigenvalue weighted by Gasteiger charge is 2.33. The number of phenols is 1. The van der Waals surface area contributed by atoms with Crippen molar-refractivity contribution >= 4 is 7.60 Å². The third-order valence-corrected chi connectivity index (χ3v) is 4.74. The lowest BCUT2D eigenvalue weighted by Gasteiger charge is -2.23. The number of aromatic hydroxyl groups is 1. The summed E-state index contributed by atoms with van der Waals surface area (Å²) in [6.45, 7) is 5.75. The first kappa shape index (κ1) is 15.2. The van der Waals surface area contributed by atoms with Gasteiger partial charge in [-0.3, -0.25) is 4.57 Å². The average molecular weight is 273 g/mol. The van der Waals surface area contributed by atoms with Crippen molar-refractivity contribution in [2.75, 3.05) is 13.2 Å². The van der Waals surface area contributed by atoms with Crippen LogP contribution >= 0.6 is 7.60 Å². The Labute approximate surface area is 107 Å². The third-order valence-electron chi connectivity index (χ3n) is 2.52. The van der Waals surface area contributed by atoms with Crippen LogP contribution in [0.1, 0.15) is 30.8 Å². The van der Waals surface area contributed by atoms with Gasteiger partial charge in [-0.1, -0.05) is 12.1 Å². The zero-order chi connectivity index (χ0) is 13.8. The van der Waals surface area contributed by atoms with Gasteiger partial charge in [0, 0.05) is 0 Å². The normalized spacial score (nSPS) is 13.6. The van der Waals surface area contributed by atoms with Gasteiger partial charge in [0.15, 0.2) is 0 Å². The van der Waals surface area contributed by atoms with E-state index in [2.05, 4.69) is 0 Å². The van der Waals surface area contributed by atoms with Crippen molar-refractivity contribution in [3.05, 3.63) is 29.3 Å². The van der Waals surface area contributed by atoms with E-state index in [1.54, 1.807) is 32.9 Å². The van der Waals surface area contributed by atoms with Crippen LogP contribution in [-0.2, 0) is 13.6 Å². The molecule has 0 spiro atoms. The fraction of sp³-hybridized carbons (Fsp3) is 0.500. The summed E-state index contributed by atoms with van der Waals surface area (Å²) in [5.74, 6) is -0.676. The molecule has 0 unspecified atom stereocenters. The monoisotopic (exact) mass is 273 g/mol. The van der Waals surface area contributed by atoms with Crippen LogP contribution in [0.5, 0.6) is 5.75 Å². The molecule has 1 atom stereocenters. The molecule has 5 nitrogen and oxygen atoms in total. The first-order valence-corrected chi connectivity index (χ1v) is 7.49. The molecule has 0 heterocycles. The van der Waals surface area contributed by atoms with Crippen molar-refractivity contribution in [2.45, 2.75) is 26.6 Å². The first-order valence-electron chi connectivity index (χ1n) is 5.88. The van der Waals surface area contributed by atoms with E-state index in [0.717, 1.165) is 0 Å². The zero-order valence-corrected chi connectivity index (χ0v) is 11.8. The van der Waals surface area contributed by atoms with Crippen LogP contribution in [0.15, 0.2) is 18.2 Å². The largest absolute Gasteiger partial charge is 0.508 e. The van der Waals surface area contributed by atoms with Crippen molar-refractivity contribution in [2.24, 2.45) is 5.73 Å². The van der Waals surface area contributed by atoms with Crippen molar-refractivity contribution in [3.63, 3.8) is 0 Å². The number of benzene rings is 1. The summed E-state index contributed by atoms with van der Waals surface area (Å²) in [6, 6.07) is 4.83. The Balaban J connectivity index is 3.05. The van der Waals surface area contributed by atoms with Crippen LogP contribution in [-0.4, -0.2) is 18.3 Å². The zero-order valence-electron chi connectivity index (χ0n) is 10.9. The molecule has 1 aromatic rings. The van der Waals surface area contributed by atoms with E-state index >= 15 is 0 Å². The topological polar surface area (TPSA) is 81.8 Å². The van der Waals surface area contributed by atoms with E-state index in [9.17, 15) is 9.67 Å². The molecule has 18 heavy (non-hydrogen) atoms. The van der Waals surface area contributed by atoms with Gasteiger partial charge in [-0.05, 0) is 38.0 Å². The summed E-state index contributed by atoms with van der Waals surface area (Å²) in [4.78, 5) is 0. The smallest absolute Gasteiger partial charge is 0.351 e. The number of hydrogen-bond donors (Lipinski definition) is 2. The van der Waals surface area contributed by atoms with Crippen LogP contribution in [0.2, 0.25) is 0 Å². The highest BCUT2D eigenvalue weighted by Crippen LogP contribution is 2.58. The molecule has 0 radical (unpaired) electrons. The van der Waals surface area contributed by atoms with Gasteiger partial charge < -0.3 is 19.9 Å². The van der Waals surface area contributed by atoms with Crippen molar-refractivity contribution in [1.82, 2.24) is 0 Å². The fourth-order valence-electron chi connectivity index (χ4n) is 1.60. The highest BCUT2D eigenvalue weighted by atomic mass is 31.2. The van der Waals surface area contributed by atoms with Gasteiger partial charge >= 0.3 is 7.60 Å². The molecule has 102 valence electrons. The second-order valence-corrected chi connectivity index (χ2v) is 6.02. The average Bonchev–Trinajstić information content (AvgIpc) is 2.32. The Morgan fingerprint density at radius 3 is 2.33 bits per heavy atom. The minimum absolute atomic E-state index is 0.175. The molecule has 6 heteroatoms. The lowest BCUT2D eigenvalue weighted by molar-refractivity contribution is 0.212. The number of aryl methyl sites for hydroxylation is 1. The molecular weight excluding hydrogens is 253 g/mol. The molecule has 1 aromatic carbocycles. The summed E-state index contributed by atoms with van der Waals surface area (Å²) >= 11 is 0. The molecule has 0 aliphatic rings. The molecule has 0 amide bonds. The SMILES string of the molecule is CCOP(=O)(OCC)[C@H](N)c1ccc(O)c(C)c1. The summed E-state index contributed by atoms with van der Waals surface area (Å²) in [6.07, 6.45) is 0. The molecular formula is C12H20NO4P. The van der Waals surface area contributed by atoms with Crippen LogP contribution in [0.25, 0.3) is 0 Å². The Morgan fingerprint density at radius 1 is 1.33 bits per heavy atom. The lowest BCUT2D eigenvalue weighted by atomic mass is 10.1. The van der Waals surface area contributed by atoms with Crippen LogP contribution < -0.4 is 5.73 Å². The molecule has 3 N–H and O–H groups in total. The molecule has 0 aliphatic heterocycles. The fourth-order valence-corrected chi connectivity index (χ4v) is 3.24. The summed E-state index contributed by atoms with van der Waals surface area (Å²) in [7, 11) is -3.37. The third kappa shape index (κ3) is 3.33. The minimum Gasteiger partial charge on any atom is -0.508 e. The second kappa shape index (κ2) is 6.34. The highest BCUT2D eigenvalue weighted by molar-refractivity contribution is 7.54. The standard InChI is InChI=1S/C12H20NO4P/c1-4-16-18(15,17-5-2)12(13)10-6-7-11(14)9(3)8-10/h6-8,12,14H,4-5,13H2,1-3H3/t12-/m0/s1. The maximum Gasteiger partial charge on any atom is 0.351 e. The Kier molecular flexibility index (Phi) is 5.35. The van der Waals surface area contributed by atoms with E-state index in [1.807, 2.05) is 0 Å². The van der Waals surface area contributed by atoms with Crippen LogP contribution in [0.3, 0.4) is 0 Å². The second-order valence-electron chi connectivity index (χ2n) is 3.87. The van der Waals surface area contributed by atoms with E-state index in [0.29, 0.717) is 11.1 Å². The summed E-state index contributed by atoms with van der Waals surface area (Å²) in [5.41, 5.74) is 7.26. The molecule has 1 rings (SSSR count). The van der Waals surface area contributed by atoms with Gasteiger partial charge in [0.25, 0.3) is 0 Å². The van der Waals surface area contributed by atoms with Gasteiger partial charge in [0.05, 0.1) is 13.2 Å². The number of hydrogen-bond acceptors (Lipinski definition) is 5. The lowest BCUT2D eigenvalue weighted by Crippen LogP contribution is -2.15. The summed E-state index contributed by atoms with van der Waals surface area (Å²) in [5, 5.41) is 9.46. The predicted octanol–water partition coefficient (Wildman–Crippen LogP) is 2.92. The Bertz CT molecular complexity index is 440. The Morgan fingerprint density at radius 2 is 1.89 bits per heavy atom. The maximum absolute atomic E-state index is 12.5. The molecule has 0 fully saturated rings. The number of phenolic OH excluding ortho intramolecular Hbond substituents is 1. The maximum atomic E-state index is 12.5. The molecule has 0 saturated heterocycles. The van der Waals surface area contributed by atoms with Crippen LogP contribution in [0.4, 0.5) is 0 Å². The van der Waals surface area contributed by atoms with Gasteiger partial charge in [0.1, 0.15) is 11.5 Å². The quantitative estimate of drug-likeness (QED) is 0.779. The number of nitrogens with two attached hydrogens (primary N) is 1. The number of rotatable bonds is 6. The molecule has 0 bridgehead atoms. The molecule has 0 aliphatic carbocycles. The molecule has 0 saturated carbocycles. The van der Waals surface area contributed by atoms with E-state index < -0.39 is 13.4 Å². The summed E-state index contributed by atoms with van der Waals surface area (Å²) < 4.78 is 22.9. The van der Waals surface area contributed by atoms with Crippen molar-refractivity contribution in [3.8, 4) is 5.75 Å². The minimum atomic E-state index is -3.37. The first-order chi connectivity index (χ1) is 8.44. The van der Waals surface area contributed by atoms with E-state index in [4.69, 9.17) is 14.8 Å². The molecule has 0 aromatic heterocycles. The van der Waals surface area contributed by atoms with E-state index in [1.165, 1.54) is 6.07 Å². The van der Waals surface area contributed by atoms with E-state index in [-0.39, 0.29) is 19.0 Å². The van der Waals surface area contributed by atoms with Gasteiger partial charge in [-0.25, -0.2) is 0 Å². The van der Waals surface area contributed by atoms with Crippen molar-refractivity contribution < 1.29 is 18.7 Å². The van der Waals surface area contributed by atoms with Gasteiger partial charge in [-0.15, -0.1) is 0 Å². The Hall–Kier alpha value is -0.870.